The van der Waals surface area contributed by atoms with Crippen molar-refractivity contribution in [2.24, 2.45) is 38.4 Å². The van der Waals surface area contributed by atoms with Crippen LogP contribution in [0.2, 0.25) is 0 Å². The predicted octanol–water partition coefficient (Wildman–Crippen LogP) is 10.8. The first-order valence-corrected chi connectivity index (χ1v) is 17.0. The minimum absolute atomic E-state index is 0.393. The van der Waals surface area contributed by atoms with Crippen LogP contribution in [-0.4, -0.2) is 0 Å². The molecule has 0 amide bonds. The first-order valence-electron chi connectivity index (χ1n) is 16.2. The van der Waals surface area contributed by atoms with Gasteiger partial charge in [-0.1, -0.05) is 86.1 Å². The van der Waals surface area contributed by atoms with E-state index in [1.165, 1.54) is 73.4 Å². The third-order valence-electron chi connectivity index (χ3n) is 13.5. The van der Waals surface area contributed by atoms with Gasteiger partial charge in [-0.2, -0.15) is 0 Å². The van der Waals surface area contributed by atoms with Crippen LogP contribution in [0.15, 0.2) is 53.0 Å². The number of halogens is 1. The van der Waals surface area contributed by atoms with E-state index >= 15 is 0 Å². The molecule has 2 aromatic carbocycles. The monoisotopic (exact) mass is 584 g/mol. The largest absolute Gasteiger partial charge is 0.0619 e. The Bertz CT molecular complexity index is 1280. The van der Waals surface area contributed by atoms with Gasteiger partial charge in [-0.3, -0.25) is 0 Å². The van der Waals surface area contributed by atoms with Crippen LogP contribution in [-0.2, 0) is 18.3 Å². The summed E-state index contributed by atoms with van der Waals surface area (Å²) in [4.78, 5) is 0. The van der Waals surface area contributed by atoms with E-state index in [2.05, 4.69) is 92.2 Å². The highest BCUT2D eigenvalue weighted by Gasteiger charge is 2.74. The van der Waals surface area contributed by atoms with Gasteiger partial charge in [0.15, 0.2) is 0 Å². The molecule has 1 heteroatoms. The molecule has 0 aromatic heterocycles. The molecule has 0 radical (unpaired) electrons. The molecule has 39 heavy (non-hydrogen) atoms. The van der Waals surface area contributed by atoms with E-state index in [0.29, 0.717) is 37.9 Å². The molecular formula is C38H49Br. The standard InChI is InChI=1S/C38H49Br/c1-32-15-28-16-33(2,18-32)23-37(17-28,22-32)38-24-34(3)19-35(4,25-38)21-36(20-34,26-38)30-13-10-27(11-14-30)9-12-29-7-5-6-8-31(29)39/h5-8,10-11,13-14,28H,9,12,15-26H2,1-4H3. The Kier molecular flexibility index (Phi) is 5.15. The van der Waals surface area contributed by atoms with Gasteiger partial charge >= 0.3 is 0 Å². The lowest BCUT2D eigenvalue weighted by molar-refractivity contribution is -0.270. The maximum atomic E-state index is 3.75. The van der Waals surface area contributed by atoms with Crippen molar-refractivity contribution >= 4 is 15.9 Å². The third kappa shape index (κ3) is 3.79. The Morgan fingerprint density at radius 2 is 1.18 bits per heavy atom. The maximum Gasteiger partial charge on any atom is 0.0207 e. The van der Waals surface area contributed by atoms with Crippen molar-refractivity contribution in [3.63, 3.8) is 0 Å². The van der Waals surface area contributed by atoms with Crippen molar-refractivity contribution in [3.05, 3.63) is 69.7 Å². The quantitative estimate of drug-likeness (QED) is 0.327. The van der Waals surface area contributed by atoms with Crippen molar-refractivity contribution in [3.8, 4) is 0 Å². The fraction of sp³-hybridized carbons (Fsp3) is 0.684. The van der Waals surface area contributed by atoms with Gasteiger partial charge in [0.25, 0.3) is 0 Å². The number of hydrogen-bond acceptors (Lipinski definition) is 0. The van der Waals surface area contributed by atoms with Crippen LogP contribution in [0.3, 0.4) is 0 Å². The summed E-state index contributed by atoms with van der Waals surface area (Å²) in [5, 5.41) is 0. The number of benzene rings is 2. The lowest BCUT2D eigenvalue weighted by Crippen LogP contribution is -2.69. The normalized spacial score (nSPS) is 49.1. The second-order valence-electron chi connectivity index (χ2n) is 17.9. The van der Waals surface area contributed by atoms with E-state index in [9.17, 15) is 0 Å². The third-order valence-corrected chi connectivity index (χ3v) is 14.3. The molecule has 0 heterocycles. The van der Waals surface area contributed by atoms with Crippen molar-refractivity contribution in [2.45, 2.75) is 123 Å². The zero-order chi connectivity index (χ0) is 26.9. The van der Waals surface area contributed by atoms with Gasteiger partial charge in [0.2, 0.25) is 0 Å². The molecule has 8 fully saturated rings. The second kappa shape index (κ2) is 7.85. The van der Waals surface area contributed by atoms with E-state index in [1.807, 2.05) is 0 Å². The van der Waals surface area contributed by atoms with E-state index in [0.717, 1.165) is 18.8 Å². The van der Waals surface area contributed by atoms with Crippen LogP contribution >= 0.6 is 15.9 Å². The van der Waals surface area contributed by atoms with E-state index in [1.54, 1.807) is 24.8 Å². The Hall–Kier alpha value is -1.08. The van der Waals surface area contributed by atoms with Crippen LogP contribution in [0.25, 0.3) is 0 Å². The SMILES string of the molecule is CC12CC3CC(C)(C1)CC(C14CC5(C)CC(C)(CC(c6ccc(CCc7ccccc7Br)cc6)(C5)C1)C4)(C3)C2. The number of aryl methyl sites for hydroxylation is 2. The molecule has 208 valence electrons. The number of hydrogen-bond donors (Lipinski definition) is 0. The smallest absolute Gasteiger partial charge is 0.0207 e. The second-order valence-corrected chi connectivity index (χ2v) is 18.8. The molecule has 0 saturated heterocycles. The summed E-state index contributed by atoms with van der Waals surface area (Å²) >= 11 is 3.75. The Morgan fingerprint density at radius 1 is 0.590 bits per heavy atom. The maximum absolute atomic E-state index is 3.75. The molecular weight excluding hydrogens is 536 g/mol. The fourth-order valence-corrected chi connectivity index (χ4v) is 15.1. The summed E-state index contributed by atoms with van der Waals surface area (Å²) in [5.41, 5.74) is 8.43. The van der Waals surface area contributed by atoms with Gasteiger partial charge in [-0.05, 0) is 156 Å². The average molecular weight is 586 g/mol. The van der Waals surface area contributed by atoms with Gasteiger partial charge in [0.1, 0.15) is 0 Å². The van der Waals surface area contributed by atoms with Crippen molar-refractivity contribution in [1.29, 1.82) is 0 Å². The van der Waals surface area contributed by atoms with Crippen LogP contribution in [0.5, 0.6) is 0 Å². The predicted molar refractivity (Wildman–Crippen MR) is 166 cm³/mol. The van der Waals surface area contributed by atoms with Gasteiger partial charge in [0.05, 0.1) is 0 Å². The van der Waals surface area contributed by atoms with Gasteiger partial charge < -0.3 is 0 Å². The van der Waals surface area contributed by atoms with Crippen molar-refractivity contribution in [1.82, 2.24) is 0 Å². The zero-order valence-corrected chi connectivity index (χ0v) is 26.6. The molecule has 8 aliphatic rings. The van der Waals surface area contributed by atoms with E-state index < -0.39 is 0 Å². The molecule has 10 rings (SSSR count). The molecule has 4 atom stereocenters. The Balaban J connectivity index is 1.14. The first kappa shape index (κ1) is 25.6. The summed E-state index contributed by atoms with van der Waals surface area (Å²) in [7, 11) is 0. The molecule has 0 nitrogen and oxygen atoms in total. The van der Waals surface area contributed by atoms with Crippen LogP contribution in [0.1, 0.15) is 121 Å². The highest BCUT2D eigenvalue weighted by molar-refractivity contribution is 9.10. The molecule has 8 bridgehead atoms. The fourth-order valence-electron chi connectivity index (χ4n) is 14.6. The van der Waals surface area contributed by atoms with Crippen molar-refractivity contribution < 1.29 is 0 Å². The Morgan fingerprint density at radius 3 is 1.79 bits per heavy atom. The average Bonchev–Trinajstić information content (AvgIpc) is 2.79. The van der Waals surface area contributed by atoms with Crippen molar-refractivity contribution in [2.75, 3.05) is 0 Å². The lowest BCUT2D eigenvalue weighted by atomic mass is 9.26. The van der Waals surface area contributed by atoms with Crippen LogP contribution < -0.4 is 0 Å². The van der Waals surface area contributed by atoms with Crippen LogP contribution in [0.4, 0.5) is 0 Å². The van der Waals surface area contributed by atoms with Crippen LogP contribution in [0, 0.1) is 38.4 Å². The van der Waals surface area contributed by atoms with Gasteiger partial charge in [-0.25, -0.2) is 0 Å². The molecule has 8 saturated carbocycles. The number of rotatable bonds is 5. The zero-order valence-electron chi connectivity index (χ0n) is 25.0. The summed E-state index contributed by atoms with van der Waals surface area (Å²) in [6, 6.07) is 18.9. The molecule has 8 aliphatic carbocycles. The Labute approximate surface area is 246 Å². The first-order chi connectivity index (χ1) is 18.4. The highest BCUT2D eigenvalue weighted by Crippen LogP contribution is 2.83. The molecule has 0 aliphatic heterocycles. The molecule has 2 aromatic rings. The van der Waals surface area contributed by atoms with Gasteiger partial charge in [0, 0.05) is 4.47 Å². The molecule has 0 N–H and O–H groups in total. The highest BCUT2D eigenvalue weighted by atomic mass is 79.9. The van der Waals surface area contributed by atoms with E-state index in [4.69, 9.17) is 0 Å². The van der Waals surface area contributed by atoms with Gasteiger partial charge in [-0.15, -0.1) is 0 Å². The topological polar surface area (TPSA) is 0 Å². The molecule has 0 spiro atoms. The summed E-state index contributed by atoms with van der Waals surface area (Å²) in [6.07, 6.45) is 20.3. The summed E-state index contributed by atoms with van der Waals surface area (Å²) < 4.78 is 1.24. The summed E-state index contributed by atoms with van der Waals surface area (Å²) in [6.45, 7) is 10.9. The lowest BCUT2D eigenvalue weighted by Gasteiger charge is -2.78. The molecule has 4 unspecified atom stereocenters. The minimum atomic E-state index is 0.393. The minimum Gasteiger partial charge on any atom is -0.0619 e. The van der Waals surface area contributed by atoms with E-state index in [-0.39, 0.29) is 0 Å². The summed E-state index contributed by atoms with van der Waals surface area (Å²) in [5.74, 6) is 1.00.